The zero-order chi connectivity index (χ0) is 12.4. The summed E-state index contributed by atoms with van der Waals surface area (Å²) in [5.41, 5.74) is 0.00676. The highest BCUT2D eigenvalue weighted by atomic mass is 16.5. The fourth-order valence-electron chi connectivity index (χ4n) is 1.65. The van der Waals surface area contributed by atoms with E-state index < -0.39 is 0 Å². The summed E-state index contributed by atoms with van der Waals surface area (Å²) in [5.74, 6) is 0.538. The van der Waals surface area contributed by atoms with Crippen LogP contribution in [0.1, 0.15) is 0 Å². The Morgan fingerprint density at radius 3 is 2.35 bits per heavy atom. The minimum Gasteiger partial charge on any atom is -0.494 e. The Morgan fingerprint density at radius 1 is 1.00 bits per heavy atom. The molecule has 17 heavy (non-hydrogen) atoms. The van der Waals surface area contributed by atoms with Gasteiger partial charge in [-0.1, -0.05) is 12.1 Å². The molecular formula is C12H12N2O3. The average molecular weight is 232 g/mol. The van der Waals surface area contributed by atoms with Gasteiger partial charge in [-0.05, 0) is 12.1 Å². The smallest absolute Gasteiger partial charge is 0.270 e. The van der Waals surface area contributed by atoms with Crippen molar-refractivity contribution in [1.29, 1.82) is 0 Å². The Labute approximate surface area is 97.5 Å². The van der Waals surface area contributed by atoms with Gasteiger partial charge >= 0.3 is 0 Å². The summed E-state index contributed by atoms with van der Waals surface area (Å²) in [7, 11) is 3.06. The van der Waals surface area contributed by atoms with Crippen LogP contribution in [0.15, 0.2) is 46.0 Å². The molecule has 5 heteroatoms. The predicted molar refractivity (Wildman–Crippen MR) is 63.8 cm³/mol. The summed E-state index contributed by atoms with van der Waals surface area (Å²) in [6, 6.07) is 9.53. The summed E-state index contributed by atoms with van der Waals surface area (Å²) < 4.78 is 7.70. The maximum absolute atomic E-state index is 11.8. The van der Waals surface area contributed by atoms with Crippen molar-refractivity contribution in [2.45, 2.75) is 0 Å². The topological polar surface area (TPSA) is 53.2 Å². The Balaban J connectivity index is 2.82. The van der Waals surface area contributed by atoms with E-state index in [0.717, 1.165) is 0 Å². The first-order valence-corrected chi connectivity index (χ1v) is 5.08. The van der Waals surface area contributed by atoms with E-state index in [1.54, 1.807) is 24.3 Å². The molecule has 2 aromatic rings. The van der Waals surface area contributed by atoms with Crippen LogP contribution >= 0.6 is 0 Å². The third-order valence-electron chi connectivity index (χ3n) is 2.51. The van der Waals surface area contributed by atoms with Crippen molar-refractivity contribution in [3.63, 3.8) is 0 Å². The number of hydrogen-bond donors (Lipinski definition) is 0. The van der Waals surface area contributed by atoms with Crippen molar-refractivity contribution in [2.75, 3.05) is 7.11 Å². The lowest BCUT2D eigenvalue weighted by Gasteiger charge is -2.13. The number of ether oxygens (including phenoxy) is 1. The molecule has 2 rings (SSSR count). The molecule has 0 bridgehead atoms. The van der Waals surface area contributed by atoms with Gasteiger partial charge in [0.05, 0.1) is 7.11 Å². The third kappa shape index (κ3) is 1.87. The molecule has 1 aromatic carbocycles. The second-order valence-electron chi connectivity index (χ2n) is 3.52. The molecule has 1 heterocycles. The van der Waals surface area contributed by atoms with Crippen LogP contribution < -0.4 is 15.9 Å². The monoisotopic (exact) mass is 232 g/mol. The van der Waals surface area contributed by atoms with Gasteiger partial charge in [-0.3, -0.25) is 9.59 Å². The van der Waals surface area contributed by atoms with Gasteiger partial charge in [0.2, 0.25) is 0 Å². The first kappa shape index (κ1) is 11.2. The number of rotatable bonds is 2. The number of para-hydroxylation sites is 2. The fourth-order valence-corrected chi connectivity index (χ4v) is 1.65. The van der Waals surface area contributed by atoms with E-state index in [1.165, 1.54) is 35.7 Å². The van der Waals surface area contributed by atoms with Crippen molar-refractivity contribution in [3.8, 4) is 11.4 Å². The average Bonchev–Trinajstić information content (AvgIpc) is 2.35. The molecule has 0 radical (unpaired) electrons. The third-order valence-corrected chi connectivity index (χ3v) is 2.51. The Kier molecular flexibility index (Phi) is 2.82. The molecule has 0 amide bonds. The summed E-state index contributed by atoms with van der Waals surface area (Å²) in [6.45, 7) is 0. The van der Waals surface area contributed by atoms with Crippen LogP contribution in [0.2, 0.25) is 0 Å². The molecule has 0 unspecified atom stereocenters. The highest BCUT2D eigenvalue weighted by molar-refractivity contribution is 5.45. The molecule has 5 nitrogen and oxygen atoms in total. The minimum atomic E-state index is -0.281. The van der Waals surface area contributed by atoms with Gasteiger partial charge in [0.15, 0.2) is 0 Å². The summed E-state index contributed by atoms with van der Waals surface area (Å²) in [5, 5.41) is 0. The highest BCUT2D eigenvalue weighted by Crippen LogP contribution is 2.19. The number of methoxy groups -OCH3 is 1. The maximum Gasteiger partial charge on any atom is 0.270 e. The van der Waals surface area contributed by atoms with Gasteiger partial charge in [-0.15, -0.1) is 0 Å². The molecule has 0 aliphatic carbocycles. The second kappa shape index (κ2) is 4.29. The standard InChI is InChI=1S/C12H12N2O3/c1-13-11(15)7-8-12(16)14(13)9-5-3-4-6-10(9)17-2/h3-8H,1-2H3. The second-order valence-corrected chi connectivity index (χ2v) is 3.52. The van der Waals surface area contributed by atoms with Crippen LogP contribution in [-0.2, 0) is 7.05 Å². The molecule has 1 aromatic heterocycles. The van der Waals surface area contributed by atoms with Crippen molar-refractivity contribution >= 4 is 0 Å². The molecule has 0 aliphatic heterocycles. The first-order valence-electron chi connectivity index (χ1n) is 5.08. The zero-order valence-electron chi connectivity index (χ0n) is 9.58. The lowest BCUT2D eigenvalue weighted by atomic mass is 10.3. The molecule has 0 spiro atoms. The van der Waals surface area contributed by atoms with Gasteiger partial charge in [-0.2, -0.15) is 0 Å². The predicted octanol–water partition coefficient (Wildman–Crippen LogP) is 0.545. The number of nitrogens with zero attached hydrogens (tertiary/aromatic N) is 2. The first-order chi connectivity index (χ1) is 8.15. The number of aromatic nitrogens is 2. The van der Waals surface area contributed by atoms with Crippen molar-refractivity contribution in [3.05, 3.63) is 57.1 Å². The maximum atomic E-state index is 11.8. The fraction of sp³-hybridized carbons (Fsp3) is 0.167. The Hall–Kier alpha value is -2.30. The largest absolute Gasteiger partial charge is 0.494 e. The number of hydrogen-bond acceptors (Lipinski definition) is 3. The van der Waals surface area contributed by atoms with E-state index in [0.29, 0.717) is 11.4 Å². The van der Waals surface area contributed by atoms with E-state index in [4.69, 9.17) is 4.74 Å². The number of benzene rings is 1. The van der Waals surface area contributed by atoms with E-state index >= 15 is 0 Å². The van der Waals surface area contributed by atoms with Crippen LogP contribution in [0.5, 0.6) is 5.75 Å². The van der Waals surface area contributed by atoms with E-state index in [9.17, 15) is 9.59 Å². The lowest BCUT2D eigenvalue weighted by Crippen LogP contribution is -2.34. The minimum absolute atomic E-state index is 0.254. The van der Waals surface area contributed by atoms with Gasteiger partial charge in [-0.25, -0.2) is 9.36 Å². The molecule has 0 saturated carbocycles. The Bertz CT molecular complexity index is 655. The van der Waals surface area contributed by atoms with E-state index in [-0.39, 0.29) is 11.1 Å². The summed E-state index contributed by atoms with van der Waals surface area (Å²) in [6.07, 6.45) is 0. The van der Waals surface area contributed by atoms with Crippen LogP contribution in [0.4, 0.5) is 0 Å². The van der Waals surface area contributed by atoms with Crippen molar-refractivity contribution in [2.24, 2.45) is 7.05 Å². The Morgan fingerprint density at radius 2 is 1.65 bits per heavy atom. The molecule has 88 valence electrons. The lowest BCUT2D eigenvalue weighted by molar-refractivity contribution is 0.407. The SMILES string of the molecule is COc1ccccc1-n1c(=O)ccc(=O)n1C. The molecule has 0 aliphatic rings. The highest BCUT2D eigenvalue weighted by Gasteiger charge is 2.08. The van der Waals surface area contributed by atoms with E-state index in [1.807, 2.05) is 0 Å². The van der Waals surface area contributed by atoms with Crippen molar-refractivity contribution in [1.82, 2.24) is 9.36 Å². The normalized spacial score (nSPS) is 10.2. The molecular weight excluding hydrogens is 220 g/mol. The van der Waals surface area contributed by atoms with E-state index in [2.05, 4.69) is 0 Å². The van der Waals surface area contributed by atoms with Crippen LogP contribution in [0.3, 0.4) is 0 Å². The summed E-state index contributed by atoms with van der Waals surface area (Å²) >= 11 is 0. The quantitative estimate of drug-likeness (QED) is 0.759. The van der Waals surface area contributed by atoms with Gasteiger partial charge < -0.3 is 4.74 Å². The van der Waals surface area contributed by atoms with Crippen molar-refractivity contribution < 1.29 is 4.74 Å². The molecule has 0 N–H and O–H groups in total. The van der Waals surface area contributed by atoms with Crippen LogP contribution in [-0.4, -0.2) is 16.5 Å². The molecule has 0 atom stereocenters. The zero-order valence-corrected chi connectivity index (χ0v) is 9.58. The molecule has 0 saturated heterocycles. The summed E-state index contributed by atoms with van der Waals surface area (Å²) in [4.78, 5) is 23.3. The van der Waals surface area contributed by atoms with Crippen LogP contribution in [0.25, 0.3) is 5.69 Å². The van der Waals surface area contributed by atoms with Crippen LogP contribution in [0, 0.1) is 0 Å². The van der Waals surface area contributed by atoms with Gasteiger partial charge in [0.1, 0.15) is 11.4 Å². The molecule has 0 fully saturated rings. The van der Waals surface area contributed by atoms with Gasteiger partial charge in [0, 0.05) is 19.2 Å². The van der Waals surface area contributed by atoms with Gasteiger partial charge in [0.25, 0.3) is 11.1 Å².